The van der Waals surface area contributed by atoms with Crippen molar-refractivity contribution in [1.29, 1.82) is 10.5 Å². The molecule has 34 heavy (non-hydrogen) atoms. The summed E-state index contributed by atoms with van der Waals surface area (Å²) in [4.78, 5) is 34.9. The van der Waals surface area contributed by atoms with Gasteiger partial charge in [-0.05, 0) is 42.5 Å². The van der Waals surface area contributed by atoms with Gasteiger partial charge < -0.3 is 14.5 Å². The summed E-state index contributed by atoms with van der Waals surface area (Å²) in [5.41, 5.74) is 2.19. The molecule has 0 aliphatic heterocycles. The molecule has 0 aliphatic rings. The molecule has 3 aromatic rings. The van der Waals surface area contributed by atoms with E-state index in [9.17, 15) is 15.3 Å². The standard InChI is InChI=1S/C21H16BrN3O7P2/c1-29-20-5-2-13(9-23)6-14(20)7-15(10-24)18-11-25(19-4-3-16(22)8-17(18)19)21(26)12-30-31-33-32-34(27)28/h2-8,11,27-28,33H,12H2,1H3/b15-7+. The molecule has 2 aromatic carbocycles. The molecule has 0 aliphatic carbocycles. The summed E-state index contributed by atoms with van der Waals surface area (Å²) < 4.78 is 16.5. The monoisotopic (exact) mass is 563 g/mol. The average Bonchev–Trinajstić information content (AvgIpc) is 3.20. The number of nitrogens with zero attached hydrogens (tertiary/aromatic N) is 3. The van der Waals surface area contributed by atoms with Crippen molar-refractivity contribution >= 4 is 62.0 Å². The molecule has 3 rings (SSSR count). The van der Waals surface area contributed by atoms with E-state index in [-0.39, 0.29) is 5.57 Å². The van der Waals surface area contributed by atoms with Crippen LogP contribution in [-0.2, 0) is 13.9 Å². The normalized spacial score (nSPS) is 11.8. The molecular formula is C21H16BrN3O7P2. The van der Waals surface area contributed by atoms with Crippen molar-refractivity contribution in [3.63, 3.8) is 0 Å². The van der Waals surface area contributed by atoms with Gasteiger partial charge in [0, 0.05) is 27.2 Å². The van der Waals surface area contributed by atoms with Crippen molar-refractivity contribution in [3.8, 4) is 17.9 Å². The third kappa shape index (κ3) is 6.25. The lowest BCUT2D eigenvalue weighted by atomic mass is 10.0. The van der Waals surface area contributed by atoms with Crippen molar-refractivity contribution < 1.29 is 33.2 Å². The molecule has 0 radical (unpaired) electrons. The van der Waals surface area contributed by atoms with E-state index < -0.39 is 30.2 Å². The predicted octanol–water partition coefficient (Wildman–Crippen LogP) is 4.67. The summed E-state index contributed by atoms with van der Waals surface area (Å²) in [5, 5.41) is 19.8. The lowest BCUT2D eigenvalue weighted by Gasteiger charge is -2.06. The van der Waals surface area contributed by atoms with Crippen LogP contribution < -0.4 is 4.74 Å². The van der Waals surface area contributed by atoms with E-state index in [1.54, 1.807) is 42.5 Å². The van der Waals surface area contributed by atoms with Crippen molar-refractivity contribution in [3.05, 3.63) is 63.8 Å². The van der Waals surface area contributed by atoms with Crippen LogP contribution >= 0.6 is 33.6 Å². The topological polar surface area (TPSA) is 147 Å². The maximum absolute atomic E-state index is 12.8. The number of carbonyl (C=O) groups excluding carboxylic acids is 1. The van der Waals surface area contributed by atoms with Gasteiger partial charge in [-0.25, -0.2) is 4.89 Å². The van der Waals surface area contributed by atoms with Crippen molar-refractivity contribution in [2.75, 3.05) is 13.7 Å². The summed E-state index contributed by atoms with van der Waals surface area (Å²) in [6, 6.07) is 14.3. The number of carbonyl (C=O) groups is 1. The number of methoxy groups -OCH3 is 1. The summed E-state index contributed by atoms with van der Waals surface area (Å²) in [5.74, 6) is -0.0178. The first-order chi connectivity index (χ1) is 16.4. The Bertz CT molecular complexity index is 1330. The van der Waals surface area contributed by atoms with E-state index in [2.05, 4.69) is 37.1 Å². The zero-order chi connectivity index (χ0) is 24.7. The second-order valence-corrected chi connectivity index (χ2v) is 8.96. The fourth-order valence-electron chi connectivity index (χ4n) is 3.09. The minimum Gasteiger partial charge on any atom is -0.496 e. The summed E-state index contributed by atoms with van der Waals surface area (Å²) >= 11 is 3.41. The molecular weight excluding hydrogens is 548 g/mol. The molecule has 0 saturated carbocycles. The van der Waals surface area contributed by atoms with Crippen molar-refractivity contribution in [2.24, 2.45) is 0 Å². The smallest absolute Gasteiger partial charge is 0.332 e. The van der Waals surface area contributed by atoms with E-state index >= 15 is 0 Å². The van der Waals surface area contributed by atoms with Gasteiger partial charge in [0.2, 0.25) is 9.03 Å². The SMILES string of the molecule is COc1ccc(C#N)cc1/C=C(\C#N)c1cn(C(=O)COOPOP(O)O)c2ccc(Br)cc12. The van der Waals surface area contributed by atoms with E-state index in [0.717, 1.165) is 4.47 Å². The molecule has 0 spiro atoms. The van der Waals surface area contributed by atoms with E-state index in [0.29, 0.717) is 33.3 Å². The van der Waals surface area contributed by atoms with Gasteiger partial charge in [-0.2, -0.15) is 15.2 Å². The zero-order valence-corrected chi connectivity index (χ0v) is 20.9. The van der Waals surface area contributed by atoms with Crippen LogP contribution in [0.2, 0.25) is 0 Å². The Morgan fingerprint density at radius 1 is 1.26 bits per heavy atom. The van der Waals surface area contributed by atoms with Crippen LogP contribution in [-0.4, -0.2) is 34.0 Å². The highest BCUT2D eigenvalue weighted by atomic mass is 79.9. The van der Waals surface area contributed by atoms with Crippen LogP contribution in [0.5, 0.6) is 5.75 Å². The molecule has 2 N–H and O–H groups in total. The highest BCUT2D eigenvalue weighted by Gasteiger charge is 2.18. The number of ether oxygens (including phenoxy) is 1. The summed E-state index contributed by atoms with van der Waals surface area (Å²) in [7, 11) is -1.92. The van der Waals surface area contributed by atoms with E-state index in [1.807, 2.05) is 0 Å². The first-order valence-electron chi connectivity index (χ1n) is 9.30. The van der Waals surface area contributed by atoms with Gasteiger partial charge in [0.25, 0.3) is 5.91 Å². The van der Waals surface area contributed by atoms with Crippen LogP contribution in [0, 0.1) is 22.7 Å². The number of allylic oxidation sites excluding steroid dienone is 1. The first kappa shape index (κ1) is 25.9. The number of rotatable bonds is 9. The van der Waals surface area contributed by atoms with Gasteiger partial charge >= 0.3 is 8.60 Å². The second-order valence-electron chi connectivity index (χ2n) is 6.48. The number of aromatic nitrogens is 1. The lowest BCUT2D eigenvalue weighted by Crippen LogP contribution is -2.15. The maximum Gasteiger partial charge on any atom is 0.332 e. The van der Waals surface area contributed by atoms with Crippen LogP contribution in [0.4, 0.5) is 0 Å². The fraction of sp³-hybridized carbons (Fsp3) is 0.0952. The van der Waals surface area contributed by atoms with Gasteiger partial charge in [0.15, 0.2) is 6.61 Å². The largest absolute Gasteiger partial charge is 0.496 e. The highest BCUT2D eigenvalue weighted by molar-refractivity contribution is 9.10. The molecule has 0 fully saturated rings. The highest BCUT2D eigenvalue weighted by Crippen LogP contribution is 2.36. The number of fused-ring (bicyclic) bond motifs is 1. The fourth-order valence-corrected chi connectivity index (χ4v) is 3.94. The molecule has 0 bridgehead atoms. The number of benzene rings is 2. The van der Waals surface area contributed by atoms with Crippen molar-refractivity contribution in [2.45, 2.75) is 0 Å². The van der Waals surface area contributed by atoms with Gasteiger partial charge in [0.1, 0.15) is 5.75 Å². The molecule has 0 amide bonds. The summed E-state index contributed by atoms with van der Waals surface area (Å²) in [6.45, 7) is -0.492. The molecule has 1 heterocycles. The quantitative estimate of drug-likeness (QED) is 0.124. The molecule has 13 heteroatoms. The number of halogens is 1. The second kappa shape index (κ2) is 12.1. The van der Waals surface area contributed by atoms with Gasteiger partial charge in [-0.15, -0.1) is 0 Å². The Labute approximate surface area is 205 Å². The Morgan fingerprint density at radius 2 is 2.06 bits per heavy atom. The van der Waals surface area contributed by atoms with Gasteiger partial charge in [-0.3, -0.25) is 13.7 Å². The van der Waals surface area contributed by atoms with Crippen LogP contribution in [0.25, 0.3) is 22.6 Å². The molecule has 1 unspecified atom stereocenters. The first-order valence-corrected chi connectivity index (χ1v) is 12.1. The van der Waals surface area contributed by atoms with Crippen LogP contribution in [0.1, 0.15) is 21.5 Å². The Balaban J connectivity index is 2.00. The third-order valence-electron chi connectivity index (χ3n) is 4.50. The predicted molar refractivity (Wildman–Crippen MR) is 129 cm³/mol. The minimum atomic E-state index is -2.59. The zero-order valence-electron chi connectivity index (χ0n) is 17.4. The number of hydrogen-bond acceptors (Lipinski definition) is 9. The number of hydrogen-bond donors (Lipinski definition) is 2. The van der Waals surface area contributed by atoms with Crippen LogP contribution in [0.3, 0.4) is 0 Å². The Kier molecular flexibility index (Phi) is 9.26. The molecule has 10 nitrogen and oxygen atoms in total. The minimum absolute atomic E-state index is 0.245. The maximum atomic E-state index is 12.8. The molecule has 174 valence electrons. The molecule has 1 aromatic heterocycles. The lowest BCUT2D eigenvalue weighted by molar-refractivity contribution is -0.189. The van der Waals surface area contributed by atoms with Crippen molar-refractivity contribution in [1.82, 2.24) is 4.57 Å². The number of nitriles is 2. The molecule has 1 atom stereocenters. The van der Waals surface area contributed by atoms with Gasteiger partial charge in [0.05, 0.1) is 35.9 Å². The van der Waals surface area contributed by atoms with Gasteiger partial charge in [-0.1, -0.05) is 15.9 Å². The third-order valence-corrected chi connectivity index (χ3v) is 6.13. The van der Waals surface area contributed by atoms with E-state index in [4.69, 9.17) is 19.4 Å². The Morgan fingerprint density at radius 3 is 2.74 bits per heavy atom. The summed E-state index contributed by atoms with van der Waals surface area (Å²) in [6.07, 6.45) is 3.10. The van der Waals surface area contributed by atoms with Crippen LogP contribution in [0.15, 0.2) is 47.1 Å². The van der Waals surface area contributed by atoms with E-state index in [1.165, 1.54) is 17.9 Å². The average molecular weight is 564 g/mol. The Hall–Kier alpha value is -2.69. The molecule has 0 saturated heterocycles.